The molecule has 3 saturated carbocycles. The molecule has 0 radical (unpaired) electrons. The highest BCUT2D eigenvalue weighted by Crippen LogP contribution is 2.75. The first-order chi connectivity index (χ1) is 21.4. The smallest absolute Gasteiger partial charge is 0.187 e. The molecule has 4 fully saturated rings. The minimum Gasteiger partial charge on any atom is -0.394 e. The number of hydrogen-bond donors (Lipinski definition) is 4. The largest absolute Gasteiger partial charge is 0.394 e. The van der Waals surface area contributed by atoms with E-state index in [9.17, 15) is 20.4 Å². The van der Waals surface area contributed by atoms with Gasteiger partial charge >= 0.3 is 0 Å². The maximum absolute atomic E-state index is 10.7. The van der Waals surface area contributed by atoms with E-state index in [1.807, 2.05) is 7.11 Å². The predicted octanol–water partition coefficient (Wildman–Crippen LogP) is 5.41. The Hall–Kier alpha value is -0.840. The Balaban J connectivity index is 1.41. The topological polar surface area (TPSA) is 118 Å². The molecule has 1 aliphatic heterocycles. The molecule has 0 unspecified atom stereocenters. The van der Waals surface area contributed by atoms with Crippen molar-refractivity contribution in [3.63, 3.8) is 0 Å². The normalized spacial score (nSPS) is 48.0. The maximum atomic E-state index is 10.7. The Morgan fingerprint density at radius 1 is 0.957 bits per heavy atom. The lowest BCUT2D eigenvalue weighted by Gasteiger charge is -2.67. The molecule has 0 aromatic heterocycles. The molecule has 0 bridgehead atoms. The van der Waals surface area contributed by atoms with Gasteiger partial charge in [-0.2, -0.15) is 0 Å². The van der Waals surface area contributed by atoms with Crippen molar-refractivity contribution in [3.05, 3.63) is 23.8 Å². The van der Waals surface area contributed by atoms with Gasteiger partial charge in [0, 0.05) is 25.6 Å². The molecule has 8 nitrogen and oxygen atoms in total. The van der Waals surface area contributed by atoms with Crippen LogP contribution in [-0.4, -0.2) is 89.8 Å². The number of allylic oxidation sites excluding steroid dienone is 1. The number of ether oxygens (including phenoxy) is 4. The minimum atomic E-state index is -1.45. The standard InChI is InChI=1S/C38H64O8/c1-22(12-11-16-34(2,3)44-10)23-15-17-38(8)32-26(43-9)20-25-24(36(32,6)18-19-37(23,38)7)13-14-28(35(25,4)5)46-33-31(42)30(41)29(40)27(21-39)45-33/h11,16,20,22-24,26-33,39-42H,12-15,17-19,21H2,1-10H3/b16-11+/t22-,23-,24-,26+,27-,28+,29-,30+,31-,32-,33+,36+,37-,38+/m1/s1. The average molecular weight is 649 g/mol. The van der Waals surface area contributed by atoms with Gasteiger partial charge in [-0.1, -0.05) is 65.3 Å². The molecule has 4 N–H and O–H groups in total. The molecular weight excluding hydrogens is 584 g/mol. The zero-order valence-electron chi connectivity index (χ0n) is 30.2. The van der Waals surface area contributed by atoms with E-state index in [0.717, 1.165) is 25.7 Å². The first kappa shape index (κ1) is 36.4. The van der Waals surface area contributed by atoms with Crippen LogP contribution >= 0.6 is 0 Å². The fourth-order valence-corrected chi connectivity index (χ4v) is 11.3. The molecule has 1 heterocycles. The van der Waals surface area contributed by atoms with Crippen molar-refractivity contribution in [2.75, 3.05) is 20.8 Å². The first-order valence-corrected chi connectivity index (χ1v) is 17.9. The van der Waals surface area contributed by atoms with Crippen LogP contribution in [0.4, 0.5) is 0 Å². The van der Waals surface area contributed by atoms with Gasteiger partial charge in [0.25, 0.3) is 0 Å². The van der Waals surface area contributed by atoms with Gasteiger partial charge in [0.1, 0.15) is 24.4 Å². The summed E-state index contributed by atoms with van der Waals surface area (Å²) in [4.78, 5) is 0. The second-order valence-electron chi connectivity index (χ2n) is 17.4. The zero-order chi connectivity index (χ0) is 34.0. The molecule has 264 valence electrons. The molecule has 5 rings (SSSR count). The van der Waals surface area contributed by atoms with Gasteiger partial charge in [-0.25, -0.2) is 0 Å². The van der Waals surface area contributed by atoms with Crippen LogP contribution in [-0.2, 0) is 18.9 Å². The third-order valence-corrected chi connectivity index (χ3v) is 14.4. The average Bonchev–Trinajstić information content (AvgIpc) is 3.28. The van der Waals surface area contributed by atoms with E-state index in [1.54, 1.807) is 7.11 Å². The minimum absolute atomic E-state index is 0.0115. The van der Waals surface area contributed by atoms with Crippen molar-refractivity contribution in [2.45, 2.75) is 149 Å². The van der Waals surface area contributed by atoms with Gasteiger partial charge < -0.3 is 39.4 Å². The Morgan fingerprint density at radius 3 is 2.28 bits per heavy atom. The highest BCUT2D eigenvalue weighted by Gasteiger charge is 2.69. The Bertz CT molecular complexity index is 1150. The van der Waals surface area contributed by atoms with Crippen LogP contribution in [0, 0.1) is 45.3 Å². The molecule has 0 aromatic carbocycles. The molecule has 46 heavy (non-hydrogen) atoms. The van der Waals surface area contributed by atoms with Gasteiger partial charge in [-0.15, -0.1) is 0 Å². The Labute approximate surface area is 277 Å². The number of rotatable bonds is 9. The number of methoxy groups -OCH3 is 2. The van der Waals surface area contributed by atoms with Gasteiger partial charge in [0.2, 0.25) is 0 Å². The van der Waals surface area contributed by atoms with Crippen LogP contribution in [0.1, 0.15) is 100 Å². The van der Waals surface area contributed by atoms with Gasteiger partial charge in [0.15, 0.2) is 6.29 Å². The SMILES string of the molecule is CO[C@H]1C=C2[C@@H](CC[C@H](O[C@@H]3O[C@H](CO)[C@@H](O)[C@H](O)[C@H]3O)C2(C)C)[C@]2(C)CC[C@]3(C)[C@@H]([C@H](C)C/C=C/C(C)(C)OC)CC[C@@]3(C)[C@H]12. The number of hydrogen-bond acceptors (Lipinski definition) is 8. The summed E-state index contributed by atoms with van der Waals surface area (Å²) in [6.45, 7) is 18.3. The quantitative estimate of drug-likeness (QED) is 0.245. The van der Waals surface area contributed by atoms with Crippen molar-refractivity contribution < 1.29 is 39.4 Å². The summed E-state index contributed by atoms with van der Waals surface area (Å²) in [6.07, 6.45) is 7.96. The third kappa shape index (κ3) is 5.69. The fourth-order valence-electron chi connectivity index (χ4n) is 11.3. The summed E-state index contributed by atoms with van der Waals surface area (Å²) >= 11 is 0. The van der Waals surface area contributed by atoms with E-state index in [2.05, 4.69) is 73.6 Å². The van der Waals surface area contributed by atoms with Crippen LogP contribution in [0.5, 0.6) is 0 Å². The van der Waals surface area contributed by atoms with E-state index < -0.39 is 37.3 Å². The molecule has 0 spiro atoms. The van der Waals surface area contributed by atoms with Gasteiger partial charge in [0.05, 0.1) is 24.4 Å². The van der Waals surface area contributed by atoms with Crippen molar-refractivity contribution in [1.82, 2.24) is 0 Å². The molecule has 4 aliphatic carbocycles. The van der Waals surface area contributed by atoms with Crippen molar-refractivity contribution >= 4 is 0 Å². The predicted molar refractivity (Wildman–Crippen MR) is 178 cm³/mol. The Morgan fingerprint density at radius 2 is 1.65 bits per heavy atom. The van der Waals surface area contributed by atoms with E-state index >= 15 is 0 Å². The van der Waals surface area contributed by atoms with Crippen LogP contribution in [0.15, 0.2) is 23.8 Å². The molecule has 1 saturated heterocycles. The molecule has 14 atom stereocenters. The summed E-state index contributed by atoms with van der Waals surface area (Å²) in [7, 11) is 3.64. The van der Waals surface area contributed by atoms with Crippen molar-refractivity contribution in [1.29, 1.82) is 0 Å². The van der Waals surface area contributed by atoms with E-state index in [-0.39, 0.29) is 39.5 Å². The van der Waals surface area contributed by atoms with E-state index in [1.165, 1.54) is 24.8 Å². The highest BCUT2D eigenvalue weighted by atomic mass is 16.7. The van der Waals surface area contributed by atoms with Crippen LogP contribution < -0.4 is 0 Å². The summed E-state index contributed by atoms with van der Waals surface area (Å²) in [5.74, 6) is 2.03. The lowest BCUT2D eigenvalue weighted by atomic mass is 9.38. The monoisotopic (exact) mass is 648 g/mol. The number of fused-ring (bicyclic) bond motifs is 5. The summed E-state index contributed by atoms with van der Waals surface area (Å²) in [6, 6.07) is 0. The summed E-state index contributed by atoms with van der Waals surface area (Å²) < 4.78 is 24.3. The molecule has 0 aromatic rings. The molecule has 5 aliphatic rings. The lowest BCUT2D eigenvalue weighted by Crippen LogP contribution is -2.64. The zero-order valence-corrected chi connectivity index (χ0v) is 30.2. The van der Waals surface area contributed by atoms with Crippen LogP contribution in [0.3, 0.4) is 0 Å². The second kappa shape index (κ2) is 12.8. The highest BCUT2D eigenvalue weighted by molar-refractivity contribution is 5.33. The first-order valence-electron chi connectivity index (χ1n) is 17.9. The van der Waals surface area contributed by atoms with E-state index in [4.69, 9.17) is 18.9 Å². The van der Waals surface area contributed by atoms with Gasteiger partial charge in [-0.05, 0) is 92.8 Å². The van der Waals surface area contributed by atoms with Crippen LogP contribution in [0.25, 0.3) is 0 Å². The lowest BCUT2D eigenvalue weighted by molar-refractivity contribution is -0.320. The van der Waals surface area contributed by atoms with Crippen LogP contribution in [0.2, 0.25) is 0 Å². The fraction of sp³-hybridized carbons (Fsp3) is 0.895. The third-order valence-electron chi connectivity index (χ3n) is 14.4. The maximum Gasteiger partial charge on any atom is 0.187 e. The number of aliphatic hydroxyl groups excluding tert-OH is 4. The summed E-state index contributed by atoms with van der Waals surface area (Å²) in [5.41, 5.74) is 1.19. The number of aliphatic hydroxyl groups is 4. The molecule has 8 heteroatoms. The molecule has 0 amide bonds. The van der Waals surface area contributed by atoms with Gasteiger partial charge in [-0.3, -0.25) is 0 Å². The molecular formula is C38H64O8. The van der Waals surface area contributed by atoms with E-state index in [0.29, 0.717) is 23.7 Å². The summed E-state index contributed by atoms with van der Waals surface area (Å²) in [5, 5.41) is 41.1. The Kier molecular flexibility index (Phi) is 10.1. The second-order valence-corrected chi connectivity index (χ2v) is 17.4. The van der Waals surface area contributed by atoms with Crippen molar-refractivity contribution in [2.24, 2.45) is 45.3 Å². The van der Waals surface area contributed by atoms with Crippen molar-refractivity contribution in [3.8, 4) is 0 Å².